The van der Waals surface area contributed by atoms with Crippen LogP contribution in [-0.2, 0) is 19.5 Å². The van der Waals surface area contributed by atoms with Gasteiger partial charge < -0.3 is 5.73 Å². The normalized spacial score (nSPS) is 15.7. The Morgan fingerprint density at radius 3 is 2.75 bits per heavy atom. The summed E-state index contributed by atoms with van der Waals surface area (Å²) >= 11 is 0. The molecule has 0 fully saturated rings. The maximum atomic E-state index is 6.11. The van der Waals surface area contributed by atoms with Gasteiger partial charge in [-0.25, -0.2) is 0 Å². The molecule has 2 aromatic carbocycles. The fourth-order valence-corrected chi connectivity index (χ4v) is 3.02. The Balaban J connectivity index is 1.80. The second-order valence-corrected chi connectivity index (χ2v) is 5.79. The predicted octanol–water partition coefficient (Wildman–Crippen LogP) is 3.53. The van der Waals surface area contributed by atoms with E-state index < -0.39 is 0 Å². The van der Waals surface area contributed by atoms with E-state index in [0.29, 0.717) is 0 Å². The molecule has 2 N–H and O–H groups in total. The summed E-state index contributed by atoms with van der Waals surface area (Å²) in [6.07, 6.45) is 2.42. The van der Waals surface area contributed by atoms with Crippen molar-refractivity contribution in [1.29, 1.82) is 0 Å². The Bertz CT molecular complexity index is 604. The first-order valence-electron chi connectivity index (χ1n) is 7.36. The minimum atomic E-state index is 0.910. The summed E-state index contributed by atoms with van der Waals surface area (Å²) in [4.78, 5) is 2.51. The smallest absolute Gasteiger partial charge is 0.0359 e. The van der Waals surface area contributed by atoms with Crippen LogP contribution in [0, 0.1) is 6.92 Å². The number of benzene rings is 2. The lowest BCUT2D eigenvalue weighted by Gasteiger charge is -2.21. The number of nitrogen functional groups attached to an aromatic ring is 1. The molecule has 104 valence electrons. The molecule has 0 spiro atoms. The predicted molar refractivity (Wildman–Crippen MR) is 84.5 cm³/mol. The lowest BCUT2D eigenvalue weighted by Crippen LogP contribution is -2.23. The van der Waals surface area contributed by atoms with E-state index in [1.54, 1.807) is 0 Å². The number of nitrogens with zero attached hydrogens (tertiary/aromatic N) is 1. The Morgan fingerprint density at radius 1 is 1.10 bits per heavy atom. The van der Waals surface area contributed by atoms with E-state index >= 15 is 0 Å². The van der Waals surface area contributed by atoms with Gasteiger partial charge in [-0.1, -0.05) is 42.0 Å². The van der Waals surface area contributed by atoms with E-state index in [2.05, 4.69) is 48.2 Å². The summed E-state index contributed by atoms with van der Waals surface area (Å²) in [6, 6.07) is 15.1. The molecule has 0 saturated heterocycles. The Hall–Kier alpha value is -1.80. The van der Waals surface area contributed by atoms with Gasteiger partial charge in [0.15, 0.2) is 0 Å². The van der Waals surface area contributed by atoms with E-state index in [-0.39, 0.29) is 0 Å². The van der Waals surface area contributed by atoms with Gasteiger partial charge in [0.05, 0.1) is 0 Å². The van der Waals surface area contributed by atoms with Crippen LogP contribution in [0.2, 0.25) is 0 Å². The van der Waals surface area contributed by atoms with Gasteiger partial charge in [0, 0.05) is 18.8 Å². The first kappa shape index (κ1) is 13.2. The van der Waals surface area contributed by atoms with Crippen LogP contribution in [0.5, 0.6) is 0 Å². The van der Waals surface area contributed by atoms with Crippen molar-refractivity contribution in [3.8, 4) is 0 Å². The molecule has 0 aromatic heterocycles. The van der Waals surface area contributed by atoms with Gasteiger partial charge in [0.2, 0.25) is 0 Å². The topological polar surface area (TPSA) is 29.3 Å². The standard InChI is InChI=1S/C18H22N2/c1-14-8-9-18(19)17(11-14)13-20-10-4-7-15-5-2-3-6-16(15)12-20/h2-3,5-6,8-9,11H,4,7,10,12-13,19H2,1H3. The third-order valence-electron chi connectivity index (χ3n) is 4.13. The summed E-state index contributed by atoms with van der Waals surface area (Å²) in [5.74, 6) is 0. The number of rotatable bonds is 2. The highest BCUT2D eigenvalue weighted by Crippen LogP contribution is 2.22. The lowest BCUT2D eigenvalue weighted by atomic mass is 10.0. The number of fused-ring (bicyclic) bond motifs is 1. The fourth-order valence-electron chi connectivity index (χ4n) is 3.02. The highest BCUT2D eigenvalue weighted by atomic mass is 15.1. The molecule has 0 aliphatic carbocycles. The Labute approximate surface area is 121 Å². The van der Waals surface area contributed by atoms with Crippen molar-refractivity contribution < 1.29 is 0 Å². The summed E-state index contributed by atoms with van der Waals surface area (Å²) in [5.41, 5.74) is 12.5. The van der Waals surface area contributed by atoms with Crippen LogP contribution in [0.4, 0.5) is 5.69 Å². The molecule has 3 rings (SSSR count). The van der Waals surface area contributed by atoms with Gasteiger partial charge in [0.25, 0.3) is 0 Å². The first-order chi connectivity index (χ1) is 9.72. The average molecular weight is 266 g/mol. The molecule has 1 heterocycles. The highest BCUT2D eigenvalue weighted by molar-refractivity contribution is 5.48. The van der Waals surface area contributed by atoms with Gasteiger partial charge in [-0.05, 0) is 49.1 Å². The zero-order valence-corrected chi connectivity index (χ0v) is 12.1. The third kappa shape index (κ3) is 2.86. The van der Waals surface area contributed by atoms with E-state index in [4.69, 9.17) is 5.73 Å². The van der Waals surface area contributed by atoms with Crippen molar-refractivity contribution >= 4 is 5.69 Å². The number of nitrogens with two attached hydrogens (primary N) is 1. The average Bonchev–Trinajstić information content (AvgIpc) is 2.64. The van der Waals surface area contributed by atoms with Crippen LogP contribution in [0.1, 0.15) is 28.7 Å². The van der Waals surface area contributed by atoms with Crippen molar-refractivity contribution in [3.63, 3.8) is 0 Å². The van der Waals surface area contributed by atoms with Crippen molar-refractivity contribution in [2.45, 2.75) is 32.9 Å². The van der Waals surface area contributed by atoms with Crippen molar-refractivity contribution in [3.05, 3.63) is 64.7 Å². The second kappa shape index (κ2) is 5.68. The minimum Gasteiger partial charge on any atom is -0.398 e. The second-order valence-electron chi connectivity index (χ2n) is 5.79. The van der Waals surface area contributed by atoms with Crippen LogP contribution in [0.15, 0.2) is 42.5 Å². The zero-order chi connectivity index (χ0) is 13.9. The molecule has 0 amide bonds. The van der Waals surface area contributed by atoms with E-state index in [1.807, 2.05) is 6.07 Å². The Morgan fingerprint density at radius 2 is 1.90 bits per heavy atom. The minimum absolute atomic E-state index is 0.910. The van der Waals surface area contributed by atoms with Crippen LogP contribution in [0.25, 0.3) is 0 Å². The summed E-state index contributed by atoms with van der Waals surface area (Å²) in [5, 5.41) is 0. The number of hydrogen-bond donors (Lipinski definition) is 1. The molecule has 0 atom stereocenters. The first-order valence-corrected chi connectivity index (χ1v) is 7.36. The van der Waals surface area contributed by atoms with E-state index in [9.17, 15) is 0 Å². The van der Waals surface area contributed by atoms with Crippen LogP contribution in [0.3, 0.4) is 0 Å². The Kier molecular flexibility index (Phi) is 3.75. The van der Waals surface area contributed by atoms with Crippen LogP contribution >= 0.6 is 0 Å². The van der Waals surface area contributed by atoms with Gasteiger partial charge >= 0.3 is 0 Å². The highest BCUT2D eigenvalue weighted by Gasteiger charge is 2.15. The maximum absolute atomic E-state index is 6.11. The van der Waals surface area contributed by atoms with Crippen LogP contribution < -0.4 is 5.73 Å². The molecule has 20 heavy (non-hydrogen) atoms. The van der Waals surface area contributed by atoms with Gasteiger partial charge in [-0.3, -0.25) is 4.90 Å². The van der Waals surface area contributed by atoms with Gasteiger partial charge in [0.1, 0.15) is 0 Å². The number of aryl methyl sites for hydroxylation is 2. The molecule has 0 radical (unpaired) electrons. The zero-order valence-electron chi connectivity index (χ0n) is 12.1. The van der Waals surface area contributed by atoms with E-state index in [0.717, 1.165) is 25.3 Å². The molecule has 2 aromatic rings. The molecule has 1 aliphatic heterocycles. The summed E-state index contributed by atoms with van der Waals surface area (Å²) < 4.78 is 0. The molecule has 0 bridgehead atoms. The number of anilines is 1. The monoisotopic (exact) mass is 266 g/mol. The van der Waals surface area contributed by atoms with Gasteiger partial charge in [-0.2, -0.15) is 0 Å². The molecule has 0 saturated carbocycles. The summed E-state index contributed by atoms with van der Waals surface area (Å²) in [6.45, 7) is 5.24. The fraction of sp³-hybridized carbons (Fsp3) is 0.333. The van der Waals surface area contributed by atoms with Crippen molar-refractivity contribution in [2.24, 2.45) is 0 Å². The van der Waals surface area contributed by atoms with Crippen molar-refractivity contribution in [1.82, 2.24) is 4.90 Å². The maximum Gasteiger partial charge on any atom is 0.0359 e. The van der Waals surface area contributed by atoms with Gasteiger partial charge in [-0.15, -0.1) is 0 Å². The SMILES string of the molecule is Cc1ccc(N)c(CN2CCCc3ccccc3C2)c1. The molecule has 1 aliphatic rings. The van der Waals surface area contributed by atoms with Crippen molar-refractivity contribution in [2.75, 3.05) is 12.3 Å². The quantitative estimate of drug-likeness (QED) is 0.843. The molecule has 2 nitrogen and oxygen atoms in total. The molecule has 0 unspecified atom stereocenters. The molecular formula is C18H22N2. The number of hydrogen-bond acceptors (Lipinski definition) is 2. The molecular weight excluding hydrogens is 244 g/mol. The van der Waals surface area contributed by atoms with E-state index in [1.165, 1.54) is 35.1 Å². The lowest BCUT2D eigenvalue weighted by molar-refractivity contribution is 0.261. The third-order valence-corrected chi connectivity index (χ3v) is 4.13. The van der Waals surface area contributed by atoms with Crippen LogP contribution in [-0.4, -0.2) is 11.4 Å². The molecule has 2 heteroatoms. The largest absolute Gasteiger partial charge is 0.398 e. The summed E-state index contributed by atoms with van der Waals surface area (Å²) in [7, 11) is 0.